The lowest BCUT2D eigenvalue weighted by molar-refractivity contribution is -0.272. The Morgan fingerprint density at radius 3 is 2.70 bits per heavy atom. The number of benzene rings is 1. The molecular weight excluding hydrogens is 291 g/mol. The van der Waals surface area contributed by atoms with Crippen molar-refractivity contribution in [2.75, 3.05) is 0 Å². The van der Waals surface area contributed by atoms with Crippen LogP contribution in [0.4, 0.5) is 13.2 Å². The summed E-state index contributed by atoms with van der Waals surface area (Å²) in [5, 5.41) is 11.2. The summed E-state index contributed by atoms with van der Waals surface area (Å²) in [6.45, 7) is 1.81. The zero-order chi connectivity index (χ0) is 14.7. The standard InChI is InChI=1S/C14H13ClF3NO/c1-7-4-5-9-10(11(7)15)8-3-2-6-13(20,12(8)19-9)14(16,17)18/h4-5,19-20H,2-3,6H2,1H3. The second kappa shape index (κ2) is 4.15. The van der Waals surface area contributed by atoms with E-state index in [0.29, 0.717) is 27.9 Å². The van der Waals surface area contributed by atoms with Crippen molar-refractivity contribution < 1.29 is 18.3 Å². The van der Waals surface area contributed by atoms with Crippen LogP contribution in [0.15, 0.2) is 12.1 Å². The summed E-state index contributed by atoms with van der Waals surface area (Å²) in [4.78, 5) is 2.73. The Hall–Kier alpha value is -1.20. The first kappa shape index (κ1) is 13.8. The van der Waals surface area contributed by atoms with Crippen LogP contribution in [0.3, 0.4) is 0 Å². The van der Waals surface area contributed by atoms with Gasteiger partial charge in [0.25, 0.3) is 0 Å². The van der Waals surface area contributed by atoms with Gasteiger partial charge in [-0.15, -0.1) is 0 Å². The van der Waals surface area contributed by atoms with Gasteiger partial charge in [-0.1, -0.05) is 17.7 Å². The Kier molecular flexibility index (Phi) is 2.86. The van der Waals surface area contributed by atoms with Gasteiger partial charge in [-0.05, 0) is 43.4 Å². The fourth-order valence-corrected chi connectivity index (χ4v) is 3.23. The summed E-state index contributed by atoms with van der Waals surface area (Å²) >= 11 is 6.23. The molecule has 0 fully saturated rings. The Labute approximate surface area is 118 Å². The number of H-pyrrole nitrogens is 1. The molecule has 0 bridgehead atoms. The molecule has 0 spiro atoms. The van der Waals surface area contributed by atoms with E-state index in [1.54, 1.807) is 19.1 Å². The third-order valence-electron chi connectivity index (χ3n) is 4.05. The quantitative estimate of drug-likeness (QED) is 0.751. The average Bonchev–Trinajstić information content (AvgIpc) is 2.73. The smallest absolute Gasteiger partial charge is 0.375 e. The predicted molar refractivity (Wildman–Crippen MR) is 70.9 cm³/mol. The van der Waals surface area contributed by atoms with Gasteiger partial charge in [-0.3, -0.25) is 0 Å². The minimum Gasteiger partial charge on any atom is -0.375 e. The lowest BCUT2D eigenvalue weighted by Gasteiger charge is -2.34. The van der Waals surface area contributed by atoms with Crippen molar-refractivity contribution in [3.63, 3.8) is 0 Å². The fraction of sp³-hybridized carbons (Fsp3) is 0.429. The van der Waals surface area contributed by atoms with Crippen LogP contribution < -0.4 is 0 Å². The molecule has 1 unspecified atom stereocenters. The summed E-state index contributed by atoms with van der Waals surface area (Å²) in [7, 11) is 0. The number of alkyl halides is 3. The van der Waals surface area contributed by atoms with Gasteiger partial charge in [0.1, 0.15) is 0 Å². The number of aromatic nitrogens is 1. The van der Waals surface area contributed by atoms with Gasteiger partial charge in [0.15, 0.2) is 0 Å². The predicted octanol–water partition coefficient (Wildman–Crippen LogP) is 4.22. The van der Waals surface area contributed by atoms with Crippen LogP contribution in [-0.4, -0.2) is 16.3 Å². The lowest BCUT2D eigenvalue weighted by Crippen LogP contribution is -2.45. The van der Waals surface area contributed by atoms with Gasteiger partial charge in [0.2, 0.25) is 5.60 Å². The molecule has 3 rings (SSSR count). The van der Waals surface area contributed by atoms with E-state index in [2.05, 4.69) is 4.98 Å². The molecule has 0 saturated heterocycles. The zero-order valence-electron chi connectivity index (χ0n) is 10.7. The van der Waals surface area contributed by atoms with E-state index < -0.39 is 11.8 Å². The second-order valence-corrected chi connectivity index (χ2v) is 5.69. The molecule has 2 nitrogen and oxygen atoms in total. The van der Waals surface area contributed by atoms with Crippen molar-refractivity contribution in [2.24, 2.45) is 0 Å². The number of hydrogen-bond donors (Lipinski definition) is 2. The second-order valence-electron chi connectivity index (χ2n) is 5.31. The Balaban J connectivity index is 2.35. The maximum atomic E-state index is 13.2. The number of halogens is 4. The minimum absolute atomic E-state index is 0.154. The van der Waals surface area contributed by atoms with Gasteiger partial charge >= 0.3 is 6.18 Å². The lowest BCUT2D eigenvalue weighted by atomic mass is 9.82. The van der Waals surface area contributed by atoms with E-state index in [9.17, 15) is 18.3 Å². The molecule has 108 valence electrons. The van der Waals surface area contributed by atoms with Crippen LogP contribution in [0.5, 0.6) is 0 Å². The van der Waals surface area contributed by atoms with E-state index in [0.717, 1.165) is 5.56 Å². The van der Waals surface area contributed by atoms with Gasteiger partial charge in [0, 0.05) is 10.9 Å². The highest BCUT2D eigenvalue weighted by Gasteiger charge is 2.57. The summed E-state index contributed by atoms with van der Waals surface area (Å²) < 4.78 is 39.6. The molecule has 0 saturated carbocycles. The fourth-order valence-electron chi connectivity index (χ4n) is 2.95. The number of aliphatic hydroxyl groups is 1. The normalized spacial score (nSPS) is 23.1. The van der Waals surface area contributed by atoms with Crippen molar-refractivity contribution in [1.82, 2.24) is 4.98 Å². The topological polar surface area (TPSA) is 36.0 Å². The van der Waals surface area contributed by atoms with Crippen LogP contribution in [-0.2, 0) is 12.0 Å². The molecular formula is C14H13ClF3NO. The van der Waals surface area contributed by atoms with Crippen molar-refractivity contribution in [3.05, 3.63) is 34.0 Å². The van der Waals surface area contributed by atoms with Crippen LogP contribution in [0.1, 0.15) is 29.7 Å². The van der Waals surface area contributed by atoms with Crippen LogP contribution in [0, 0.1) is 6.92 Å². The Morgan fingerprint density at radius 2 is 2.05 bits per heavy atom. The van der Waals surface area contributed by atoms with Crippen molar-refractivity contribution in [2.45, 2.75) is 38.0 Å². The van der Waals surface area contributed by atoms with Crippen molar-refractivity contribution in [3.8, 4) is 0 Å². The third kappa shape index (κ3) is 1.69. The first-order chi connectivity index (χ1) is 9.25. The molecule has 1 aliphatic carbocycles. The molecule has 2 N–H and O–H groups in total. The minimum atomic E-state index is -4.70. The number of aryl methyl sites for hydroxylation is 2. The van der Waals surface area contributed by atoms with Crippen LogP contribution >= 0.6 is 11.6 Å². The van der Waals surface area contributed by atoms with Crippen molar-refractivity contribution >= 4 is 22.5 Å². The van der Waals surface area contributed by atoms with E-state index >= 15 is 0 Å². The molecule has 20 heavy (non-hydrogen) atoms. The molecule has 0 amide bonds. The zero-order valence-corrected chi connectivity index (χ0v) is 11.5. The Bertz CT molecular complexity index is 692. The van der Waals surface area contributed by atoms with E-state index in [-0.39, 0.29) is 18.5 Å². The van der Waals surface area contributed by atoms with Crippen LogP contribution in [0.2, 0.25) is 5.02 Å². The molecule has 1 atom stereocenters. The summed E-state index contributed by atoms with van der Waals surface area (Å²) in [6, 6.07) is 3.45. The largest absolute Gasteiger partial charge is 0.422 e. The number of aromatic amines is 1. The van der Waals surface area contributed by atoms with Gasteiger partial charge in [0.05, 0.1) is 10.7 Å². The van der Waals surface area contributed by atoms with Gasteiger partial charge < -0.3 is 10.1 Å². The van der Waals surface area contributed by atoms with Crippen molar-refractivity contribution in [1.29, 1.82) is 0 Å². The third-order valence-corrected chi connectivity index (χ3v) is 4.53. The number of fused-ring (bicyclic) bond motifs is 3. The number of hydrogen-bond acceptors (Lipinski definition) is 1. The SMILES string of the molecule is Cc1ccc2[nH]c3c(c2c1Cl)CCCC3(O)C(F)(F)F. The maximum absolute atomic E-state index is 13.2. The first-order valence-corrected chi connectivity index (χ1v) is 6.73. The highest BCUT2D eigenvalue weighted by atomic mass is 35.5. The summed E-state index contributed by atoms with van der Waals surface area (Å²) in [5.41, 5.74) is -1.13. The number of nitrogens with one attached hydrogen (secondary N) is 1. The first-order valence-electron chi connectivity index (χ1n) is 6.35. The summed E-state index contributed by atoms with van der Waals surface area (Å²) in [5.74, 6) is 0. The molecule has 2 aromatic rings. The average molecular weight is 304 g/mol. The van der Waals surface area contributed by atoms with E-state index in [1.165, 1.54) is 0 Å². The maximum Gasteiger partial charge on any atom is 0.422 e. The molecule has 1 aliphatic rings. The molecule has 1 heterocycles. The summed E-state index contributed by atoms with van der Waals surface area (Å²) in [6.07, 6.45) is -4.27. The highest BCUT2D eigenvalue weighted by Crippen LogP contribution is 2.49. The van der Waals surface area contributed by atoms with Gasteiger partial charge in [-0.25, -0.2) is 0 Å². The molecule has 1 aromatic carbocycles. The van der Waals surface area contributed by atoms with E-state index in [4.69, 9.17) is 11.6 Å². The number of rotatable bonds is 0. The monoisotopic (exact) mass is 303 g/mol. The van der Waals surface area contributed by atoms with Gasteiger partial charge in [-0.2, -0.15) is 13.2 Å². The van der Waals surface area contributed by atoms with Crippen LogP contribution in [0.25, 0.3) is 10.9 Å². The van der Waals surface area contributed by atoms with E-state index in [1.807, 2.05) is 0 Å². The molecule has 1 aromatic heterocycles. The highest BCUT2D eigenvalue weighted by molar-refractivity contribution is 6.36. The molecule has 6 heteroatoms. The Morgan fingerprint density at radius 1 is 1.35 bits per heavy atom. The molecule has 0 aliphatic heterocycles. The molecule has 0 radical (unpaired) electrons.